The molecule has 0 heterocycles. The molecule has 0 aliphatic heterocycles. The molecule has 0 radical (unpaired) electrons. The van der Waals surface area contributed by atoms with Crippen LogP contribution in [0.4, 0.5) is 17.6 Å². The molecule has 0 bridgehead atoms. The predicted octanol–water partition coefficient (Wildman–Crippen LogP) is 15.1. The molecule has 7 rings (SSSR count). The van der Waals surface area contributed by atoms with E-state index in [1.807, 2.05) is 95.0 Å². The molecule has 0 amide bonds. The molecule has 0 aliphatic rings. The summed E-state index contributed by atoms with van der Waals surface area (Å²) in [5.74, 6) is -1.74. The average molecular weight is 789 g/mol. The third kappa shape index (κ3) is 9.82. The summed E-state index contributed by atoms with van der Waals surface area (Å²) < 4.78 is 73.8. The van der Waals surface area contributed by atoms with E-state index < -0.39 is 23.3 Å². The van der Waals surface area contributed by atoms with Gasteiger partial charge in [-0.1, -0.05) is 113 Å². The minimum Gasteiger partial charge on any atom is -0.496 e. The zero-order chi connectivity index (χ0) is 41.6. The third-order valence-corrected chi connectivity index (χ3v) is 9.13. The van der Waals surface area contributed by atoms with E-state index in [4.69, 9.17) is 9.47 Å². The Kier molecular flexibility index (Phi) is 16.2. The fraction of sp³-hybridized carbons (Fsp3) is 0.160. The number of rotatable bonds is 8. The van der Waals surface area contributed by atoms with E-state index in [-0.39, 0.29) is 22.3 Å². The molecular formula is C50H49F4O2P. The van der Waals surface area contributed by atoms with Gasteiger partial charge in [-0.2, -0.15) is 0 Å². The lowest BCUT2D eigenvalue weighted by Gasteiger charge is -2.18. The van der Waals surface area contributed by atoms with E-state index in [0.29, 0.717) is 39.3 Å². The Morgan fingerprint density at radius 2 is 0.754 bits per heavy atom. The summed E-state index contributed by atoms with van der Waals surface area (Å²) in [6, 6.07) is 39.4. The second-order valence-electron chi connectivity index (χ2n) is 12.2. The minimum atomic E-state index is -0.793. The first-order valence-electron chi connectivity index (χ1n) is 18.9. The van der Waals surface area contributed by atoms with Crippen LogP contribution in [0.3, 0.4) is 0 Å². The van der Waals surface area contributed by atoms with Gasteiger partial charge < -0.3 is 9.47 Å². The molecule has 294 valence electrons. The number of hydrogen-bond donors (Lipinski definition) is 0. The van der Waals surface area contributed by atoms with Crippen LogP contribution in [0.25, 0.3) is 66.8 Å². The van der Waals surface area contributed by atoms with Crippen molar-refractivity contribution in [1.29, 1.82) is 0 Å². The van der Waals surface area contributed by atoms with Crippen molar-refractivity contribution >= 4 is 9.24 Å². The Morgan fingerprint density at radius 1 is 0.351 bits per heavy atom. The van der Waals surface area contributed by atoms with Crippen LogP contribution in [-0.4, -0.2) is 20.9 Å². The summed E-state index contributed by atoms with van der Waals surface area (Å²) in [7, 11) is 5.39. The quantitative estimate of drug-likeness (QED) is 0.113. The highest BCUT2D eigenvalue weighted by atomic mass is 31.0. The van der Waals surface area contributed by atoms with Crippen LogP contribution in [0.2, 0.25) is 0 Å². The largest absolute Gasteiger partial charge is 0.496 e. The molecule has 7 aromatic carbocycles. The summed E-state index contributed by atoms with van der Waals surface area (Å²) in [6.45, 7) is 11.7. The molecular weight excluding hydrogens is 740 g/mol. The number of halogens is 4. The lowest BCUT2D eigenvalue weighted by molar-refractivity contribution is 0.416. The van der Waals surface area contributed by atoms with Crippen molar-refractivity contribution in [1.82, 2.24) is 0 Å². The Labute approximate surface area is 337 Å². The predicted molar refractivity (Wildman–Crippen MR) is 235 cm³/mol. The van der Waals surface area contributed by atoms with Gasteiger partial charge in [0.2, 0.25) is 0 Å². The van der Waals surface area contributed by atoms with Gasteiger partial charge in [-0.3, -0.25) is 0 Å². The van der Waals surface area contributed by atoms with Gasteiger partial charge in [-0.15, -0.1) is 9.24 Å². The van der Waals surface area contributed by atoms with Crippen LogP contribution in [0.15, 0.2) is 140 Å². The highest BCUT2D eigenvalue weighted by molar-refractivity contribution is 7.15. The Morgan fingerprint density at radius 3 is 1.25 bits per heavy atom. The van der Waals surface area contributed by atoms with E-state index >= 15 is 17.6 Å². The summed E-state index contributed by atoms with van der Waals surface area (Å²) >= 11 is 0. The zero-order valence-corrected chi connectivity index (χ0v) is 34.8. The van der Waals surface area contributed by atoms with Crippen molar-refractivity contribution in [2.24, 2.45) is 0 Å². The summed E-state index contributed by atoms with van der Waals surface area (Å²) in [5.41, 5.74) is 6.46. The molecule has 0 aliphatic carbocycles. The highest BCUT2D eigenvalue weighted by Gasteiger charge is 2.21. The number of aryl methyl sites for hydroxylation is 1. The van der Waals surface area contributed by atoms with Crippen LogP contribution in [0.5, 0.6) is 11.5 Å². The molecule has 0 N–H and O–H groups in total. The highest BCUT2D eigenvalue weighted by Crippen LogP contribution is 2.43. The van der Waals surface area contributed by atoms with Crippen LogP contribution in [0, 0.1) is 30.2 Å². The number of hydrogen-bond acceptors (Lipinski definition) is 2. The molecule has 0 saturated heterocycles. The van der Waals surface area contributed by atoms with Gasteiger partial charge in [0, 0.05) is 39.4 Å². The molecule has 0 spiro atoms. The SMILES string of the molecule is CC.CC.COc1ccc(-c2cc(-c3cc(-c4cc(-c5ccccc5)ccc4F)c(OC)cc3C)c(F)cc2F)cc1-c1cc(-c2ccccc2)ccc1F.CP. The third-order valence-electron chi connectivity index (χ3n) is 9.13. The van der Waals surface area contributed by atoms with Crippen molar-refractivity contribution in [3.05, 3.63) is 168 Å². The second kappa shape index (κ2) is 21.0. The maximum atomic E-state index is 15.8. The summed E-state index contributed by atoms with van der Waals surface area (Å²) in [4.78, 5) is 0. The van der Waals surface area contributed by atoms with Gasteiger partial charge in [-0.05, 0) is 100 Å². The Bertz CT molecular complexity index is 2400. The molecule has 57 heavy (non-hydrogen) atoms. The van der Waals surface area contributed by atoms with Crippen molar-refractivity contribution in [3.8, 4) is 78.3 Å². The molecule has 7 aromatic rings. The maximum Gasteiger partial charge on any atom is 0.133 e. The minimum absolute atomic E-state index is 0.101. The van der Waals surface area contributed by atoms with Crippen molar-refractivity contribution in [3.63, 3.8) is 0 Å². The smallest absolute Gasteiger partial charge is 0.133 e. The van der Waals surface area contributed by atoms with Crippen LogP contribution in [-0.2, 0) is 0 Å². The first-order chi connectivity index (χ1) is 27.7. The molecule has 7 heteroatoms. The number of methoxy groups -OCH3 is 2. The van der Waals surface area contributed by atoms with E-state index in [2.05, 4.69) is 9.24 Å². The van der Waals surface area contributed by atoms with Gasteiger partial charge in [0.25, 0.3) is 0 Å². The van der Waals surface area contributed by atoms with E-state index in [1.54, 1.807) is 61.5 Å². The zero-order valence-electron chi connectivity index (χ0n) is 33.7. The van der Waals surface area contributed by atoms with Gasteiger partial charge in [-0.25, -0.2) is 17.6 Å². The Hall–Kier alpha value is -5.71. The first kappa shape index (κ1) is 44.0. The van der Waals surface area contributed by atoms with Gasteiger partial charge >= 0.3 is 0 Å². The van der Waals surface area contributed by atoms with Crippen molar-refractivity contribution in [2.45, 2.75) is 34.6 Å². The monoisotopic (exact) mass is 788 g/mol. The van der Waals surface area contributed by atoms with Crippen LogP contribution in [0.1, 0.15) is 33.3 Å². The van der Waals surface area contributed by atoms with Crippen LogP contribution >= 0.6 is 9.24 Å². The number of benzene rings is 7. The van der Waals surface area contributed by atoms with Gasteiger partial charge in [0.15, 0.2) is 0 Å². The number of ether oxygens (including phenoxy) is 2. The van der Waals surface area contributed by atoms with Crippen molar-refractivity contribution in [2.75, 3.05) is 20.9 Å². The lowest BCUT2D eigenvalue weighted by atomic mass is 9.90. The lowest BCUT2D eigenvalue weighted by Crippen LogP contribution is -1.98. The fourth-order valence-electron chi connectivity index (χ4n) is 6.50. The molecule has 0 aromatic heterocycles. The molecule has 2 nitrogen and oxygen atoms in total. The molecule has 0 saturated carbocycles. The van der Waals surface area contributed by atoms with Crippen LogP contribution < -0.4 is 9.47 Å². The standard InChI is InChI=1S/C45H32F4O2.2C2H6.CH5P/c1-27-20-45(51-3)39(36-22-31(15-18-41(36)47)29-12-8-5-9-13-29)24-33(27)37-25-34(42(48)26-43(37)49)32-16-19-44(50-2)38(23-32)35-21-30(14-17-40(35)46)28-10-6-4-7-11-28;3*1-2/h4-26H,1-3H3;2*1-2H3;2H2,1H3. The molecule has 0 fully saturated rings. The van der Waals surface area contributed by atoms with E-state index in [0.717, 1.165) is 28.3 Å². The molecule has 1 unspecified atom stereocenters. The Balaban J connectivity index is 0.00000115. The van der Waals surface area contributed by atoms with Gasteiger partial charge in [0.05, 0.1) is 14.2 Å². The fourth-order valence-corrected chi connectivity index (χ4v) is 6.50. The van der Waals surface area contributed by atoms with E-state index in [1.165, 1.54) is 32.4 Å². The summed E-state index contributed by atoms with van der Waals surface area (Å²) in [5, 5.41) is 0. The maximum absolute atomic E-state index is 15.8. The molecule has 1 atom stereocenters. The van der Waals surface area contributed by atoms with Crippen molar-refractivity contribution < 1.29 is 27.0 Å². The van der Waals surface area contributed by atoms with E-state index in [9.17, 15) is 0 Å². The normalized spacial score (nSPS) is 10.2. The topological polar surface area (TPSA) is 18.5 Å². The summed E-state index contributed by atoms with van der Waals surface area (Å²) in [6.07, 6.45) is 0. The van der Waals surface area contributed by atoms with Gasteiger partial charge in [0.1, 0.15) is 34.8 Å². The first-order valence-corrected chi connectivity index (χ1v) is 20.1. The average Bonchev–Trinajstić information content (AvgIpc) is 3.27. The second-order valence-corrected chi connectivity index (χ2v) is 12.2.